The van der Waals surface area contributed by atoms with Gasteiger partial charge in [0.05, 0.1) is 5.56 Å². The van der Waals surface area contributed by atoms with Crippen molar-refractivity contribution < 1.29 is 24.5 Å². The maximum absolute atomic E-state index is 12.6. The van der Waals surface area contributed by atoms with Crippen LogP contribution >= 0.6 is 0 Å². The van der Waals surface area contributed by atoms with Crippen LogP contribution in [-0.2, 0) is 4.74 Å². The minimum absolute atomic E-state index is 0.0357. The van der Waals surface area contributed by atoms with E-state index < -0.39 is 23.4 Å². The van der Waals surface area contributed by atoms with Crippen LogP contribution < -0.4 is 10.6 Å². The van der Waals surface area contributed by atoms with Crippen LogP contribution in [-0.4, -0.2) is 39.9 Å². The molecule has 2 aliphatic carbocycles. The van der Waals surface area contributed by atoms with E-state index in [-0.39, 0.29) is 28.8 Å². The van der Waals surface area contributed by atoms with Gasteiger partial charge < -0.3 is 25.6 Å². The Morgan fingerprint density at radius 2 is 1.74 bits per heavy atom. The van der Waals surface area contributed by atoms with Crippen LogP contribution in [0.2, 0.25) is 0 Å². The van der Waals surface area contributed by atoms with Crippen LogP contribution in [0.1, 0.15) is 62.4 Å². The highest BCUT2D eigenvalue weighted by Crippen LogP contribution is 2.56. The quantitative estimate of drug-likeness (QED) is 0.607. The first-order chi connectivity index (χ1) is 12.5. The molecular formula is C20H28N2O5. The van der Waals surface area contributed by atoms with Crippen molar-refractivity contribution in [2.24, 2.45) is 5.41 Å². The summed E-state index contributed by atoms with van der Waals surface area (Å²) < 4.78 is 5.33. The van der Waals surface area contributed by atoms with E-state index in [0.29, 0.717) is 12.0 Å². The van der Waals surface area contributed by atoms with Gasteiger partial charge in [-0.25, -0.2) is 4.79 Å². The lowest BCUT2D eigenvalue weighted by Gasteiger charge is -2.61. The van der Waals surface area contributed by atoms with Gasteiger partial charge in [0.1, 0.15) is 5.60 Å². The highest BCUT2D eigenvalue weighted by atomic mass is 16.6. The molecule has 2 fully saturated rings. The number of ether oxygens (including phenoxy) is 1. The SMILES string of the molecule is Cc1ccc(C(=O)NC2CC(NC(=O)OC(C)(C)C)C23CCC3)c(O)c1O. The van der Waals surface area contributed by atoms with E-state index in [2.05, 4.69) is 10.6 Å². The lowest BCUT2D eigenvalue weighted by Crippen LogP contribution is -2.71. The average Bonchev–Trinajstić information content (AvgIpc) is 2.47. The fourth-order valence-electron chi connectivity index (χ4n) is 4.02. The first-order valence-corrected chi connectivity index (χ1v) is 9.35. The number of phenols is 2. The first-order valence-electron chi connectivity index (χ1n) is 9.35. The van der Waals surface area contributed by atoms with E-state index in [1.54, 1.807) is 13.0 Å². The van der Waals surface area contributed by atoms with Gasteiger partial charge in [-0.1, -0.05) is 12.5 Å². The van der Waals surface area contributed by atoms with Gasteiger partial charge in [0, 0.05) is 17.5 Å². The number of carbonyl (C=O) groups is 2. The van der Waals surface area contributed by atoms with Crippen LogP contribution in [0.25, 0.3) is 0 Å². The van der Waals surface area contributed by atoms with Crippen molar-refractivity contribution in [3.63, 3.8) is 0 Å². The van der Waals surface area contributed by atoms with Crippen molar-refractivity contribution in [2.75, 3.05) is 0 Å². The fraction of sp³-hybridized carbons (Fsp3) is 0.600. The van der Waals surface area contributed by atoms with Crippen LogP contribution in [0.15, 0.2) is 12.1 Å². The van der Waals surface area contributed by atoms with Gasteiger partial charge in [-0.2, -0.15) is 0 Å². The smallest absolute Gasteiger partial charge is 0.407 e. The van der Waals surface area contributed by atoms with Crippen molar-refractivity contribution in [1.82, 2.24) is 10.6 Å². The maximum atomic E-state index is 12.6. The summed E-state index contributed by atoms with van der Waals surface area (Å²) in [5.74, 6) is -1.10. The number of hydrogen-bond donors (Lipinski definition) is 4. The normalized spacial score (nSPS) is 23.1. The molecule has 27 heavy (non-hydrogen) atoms. The van der Waals surface area contributed by atoms with E-state index in [0.717, 1.165) is 19.3 Å². The molecule has 2 unspecified atom stereocenters. The molecule has 148 valence electrons. The highest BCUT2D eigenvalue weighted by molar-refractivity contribution is 5.98. The Bertz CT molecular complexity index is 764. The highest BCUT2D eigenvalue weighted by Gasteiger charge is 2.59. The Morgan fingerprint density at radius 3 is 2.30 bits per heavy atom. The standard InChI is InChI=1S/C20H28N2O5/c1-11-6-7-12(16(24)15(11)23)17(25)21-13-10-14(20(13)8-5-9-20)22-18(26)27-19(2,3)4/h6-7,13-14,23-24H,5,8-10H2,1-4H3,(H,21,25)(H,22,26). The van der Waals surface area contributed by atoms with Crippen LogP contribution in [0, 0.1) is 12.3 Å². The van der Waals surface area contributed by atoms with E-state index >= 15 is 0 Å². The number of amides is 2. The Kier molecular flexibility index (Phi) is 4.74. The van der Waals surface area contributed by atoms with Gasteiger partial charge in [0.25, 0.3) is 5.91 Å². The van der Waals surface area contributed by atoms with Crippen LogP contribution in [0.3, 0.4) is 0 Å². The van der Waals surface area contributed by atoms with E-state index in [9.17, 15) is 19.8 Å². The monoisotopic (exact) mass is 376 g/mol. The Hall–Kier alpha value is -2.44. The summed E-state index contributed by atoms with van der Waals surface area (Å²) >= 11 is 0. The second-order valence-corrected chi connectivity index (χ2v) is 8.67. The Labute approximate surface area is 159 Å². The van der Waals surface area contributed by atoms with E-state index in [4.69, 9.17) is 4.74 Å². The van der Waals surface area contributed by atoms with Crippen LogP contribution in [0.5, 0.6) is 11.5 Å². The lowest BCUT2D eigenvalue weighted by molar-refractivity contribution is -0.0578. The van der Waals surface area contributed by atoms with Gasteiger partial charge >= 0.3 is 6.09 Å². The van der Waals surface area contributed by atoms with Crippen LogP contribution in [0.4, 0.5) is 4.79 Å². The van der Waals surface area contributed by atoms with Crippen molar-refractivity contribution in [3.05, 3.63) is 23.3 Å². The third kappa shape index (κ3) is 3.55. The van der Waals surface area contributed by atoms with Crippen molar-refractivity contribution in [3.8, 4) is 11.5 Å². The number of benzene rings is 1. The minimum Gasteiger partial charge on any atom is -0.504 e. The predicted molar refractivity (Wildman–Crippen MR) is 99.8 cm³/mol. The topological polar surface area (TPSA) is 108 Å². The molecule has 2 saturated carbocycles. The molecule has 1 spiro atoms. The molecule has 0 aliphatic heterocycles. The van der Waals surface area contributed by atoms with Crippen molar-refractivity contribution in [1.29, 1.82) is 0 Å². The van der Waals surface area contributed by atoms with E-state index in [1.165, 1.54) is 6.07 Å². The Balaban J connectivity index is 1.65. The molecule has 0 saturated heterocycles. The molecule has 2 atom stereocenters. The summed E-state index contributed by atoms with van der Waals surface area (Å²) in [7, 11) is 0. The van der Waals surface area contributed by atoms with Gasteiger partial charge in [-0.15, -0.1) is 0 Å². The summed E-state index contributed by atoms with van der Waals surface area (Å²) in [6.07, 6.45) is 3.07. The number of aromatic hydroxyl groups is 2. The minimum atomic E-state index is -0.556. The molecule has 1 aromatic rings. The third-order valence-corrected chi connectivity index (χ3v) is 5.74. The summed E-state index contributed by atoms with van der Waals surface area (Å²) in [4.78, 5) is 24.7. The number of rotatable bonds is 3. The van der Waals surface area contributed by atoms with Gasteiger partial charge in [0.2, 0.25) is 0 Å². The largest absolute Gasteiger partial charge is 0.504 e. The summed E-state index contributed by atoms with van der Waals surface area (Å²) in [5.41, 5.74) is -0.158. The molecule has 3 rings (SSSR count). The third-order valence-electron chi connectivity index (χ3n) is 5.74. The average molecular weight is 376 g/mol. The van der Waals surface area contributed by atoms with Gasteiger partial charge in [0.15, 0.2) is 11.5 Å². The number of aryl methyl sites for hydroxylation is 1. The van der Waals surface area contributed by atoms with Gasteiger partial charge in [-0.3, -0.25) is 4.79 Å². The van der Waals surface area contributed by atoms with Crippen molar-refractivity contribution >= 4 is 12.0 Å². The number of nitrogens with one attached hydrogen (secondary N) is 2. The van der Waals surface area contributed by atoms with Gasteiger partial charge in [-0.05, 0) is 58.6 Å². The number of carbonyl (C=O) groups excluding carboxylic acids is 2. The number of alkyl carbamates (subject to hydrolysis) is 1. The molecule has 7 heteroatoms. The molecule has 2 aliphatic rings. The number of hydrogen-bond acceptors (Lipinski definition) is 5. The lowest BCUT2D eigenvalue weighted by atomic mass is 9.50. The zero-order chi connectivity index (χ0) is 20.0. The zero-order valence-electron chi connectivity index (χ0n) is 16.3. The first kappa shape index (κ1) is 19.3. The molecule has 2 amide bonds. The fourth-order valence-corrected chi connectivity index (χ4v) is 4.02. The molecule has 1 aromatic carbocycles. The molecule has 4 N–H and O–H groups in total. The summed E-state index contributed by atoms with van der Waals surface area (Å²) in [6, 6.07) is 2.98. The second-order valence-electron chi connectivity index (χ2n) is 8.67. The summed E-state index contributed by atoms with van der Waals surface area (Å²) in [6.45, 7) is 7.11. The summed E-state index contributed by atoms with van der Waals surface area (Å²) in [5, 5.41) is 25.8. The molecule has 0 heterocycles. The molecular weight excluding hydrogens is 348 g/mol. The molecule has 0 aromatic heterocycles. The molecule has 0 bridgehead atoms. The zero-order valence-corrected chi connectivity index (χ0v) is 16.3. The van der Waals surface area contributed by atoms with Crippen molar-refractivity contribution in [2.45, 2.75) is 71.1 Å². The number of phenolic OH excluding ortho intramolecular Hbond substituents is 2. The molecule has 0 radical (unpaired) electrons. The second kappa shape index (κ2) is 6.62. The predicted octanol–water partition coefficient (Wildman–Crippen LogP) is 2.97. The van der Waals surface area contributed by atoms with E-state index in [1.807, 2.05) is 20.8 Å². The maximum Gasteiger partial charge on any atom is 0.407 e. The Morgan fingerprint density at radius 1 is 1.11 bits per heavy atom. The molecule has 7 nitrogen and oxygen atoms in total.